The zero-order valence-corrected chi connectivity index (χ0v) is 20.9. The molecule has 2 atom stereocenters. The molecule has 35 heavy (non-hydrogen) atoms. The number of hydrogen-bond donors (Lipinski definition) is 1. The molecule has 2 heterocycles. The lowest BCUT2D eigenvalue weighted by Gasteiger charge is -2.37. The van der Waals surface area contributed by atoms with Crippen LogP contribution in [0.5, 0.6) is 0 Å². The fourth-order valence-electron chi connectivity index (χ4n) is 5.08. The zero-order valence-electron chi connectivity index (χ0n) is 20.9. The molecular formula is C28H35N3O4. The number of ether oxygens (including phenoxy) is 1. The summed E-state index contributed by atoms with van der Waals surface area (Å²) in [5.74, 6) is -0.433. The van der Waals surface area contributed by atoms with Crippen LogP contribution in [-0.2, 0) is 25.5 Å². The SMILES string of the molecule is CC(=O)N1CCc2ccccc2C1CC(=O)N(CC(=O)Nc1cccc(C)c1C)CC1CCCO1. The van der Waals surface area contributed by atoms with Gasteiger partial charge in [0.05, 0.1) is 25.1 Å². The minimum absolute atomic E-state index is 0.0457. The van der Waals surface area contributed by atoms with Crippen molar-refractivity contribution in [1.82, 2.24) is 9.80 Å². The summed E-state index contributed by atoms with van der Waals surface area (Å²) in [5, 5.41) is 2.97. The number of carbonyl (C=O) groups is 3. The summed E-state index contributed by atoms with van der Waals surface area (Å²) < 4.78 is 5.78. The molecule has 3 amide bonds. The average molecular weight is 478 g/mol. The Morgan fingerprint density at radius 2 is 1.91 bits per heavy atom. The second kappa shape index (κ2) is 11.0. The highest BCUT2D eigenvalue weighted by Crippen LogP contribution is 2.33. The van der Waals surface area contributed by atoms with Crippen LogP contribution in [0.1, 0.15) is 54.5 Å². The van der Waals surface area contributed by atoms with E-state index in [1.165, 1.54) is 5.56 Å². The van der Waals surface area contributed by atoms with E-state index >= 15 is 0 Å². The summed E-state index contributed by atoms with van der Waals surface area (Å²) in [4.78, 5) is 42.4. The van der Waals surface area contributed by atoms with E-state index in [4.69, 9.17) is 4.74 Å². The molecule has 0 aromatic heterocycles. The van der Waals surface area contributed by atoms with Gasteiger partial charge < -0.3 is 19.9 Å². The average Bonchev–Trinajstić information content (AvgIpc) is 3.35. The van der Waals surface area contributed by atoms with E-state index in [2.05, 4.69) is 11.4 Å². The van der Waals surface area contributed by atoms with Crippen molar-refractivity contribution < 1.29 is 19.1 Å². The molecule has 2 aliphatic rings. The van der Waals surface area contributed by atoms with Gasteiger partial charge in [-0.05, 0) is 61.4 Å². The lowest BCUT2D eigenvalue weighted by Crippen LogP contribution is -2.45. The summed E-state index contributed by atoms with van der Waals surface area (Å²) in [7, 11) is 0. The van der Waals surface area contributed by atoms with Crippen LogP contribution in [0.2, 0.25) is 0 Å². The first-order chi connectivity index (χ1) is 16.8. The smallest absolute Gasteiger partial charge is 0.244 e. The van der Waals surface area contributed by atoms with Crippen molar-refractivity contribution in [2.75, 3.05) is 31.6 Å². The fraction of sp³-hybridized carbons (Fsp3) is 0.464. The van der Waals surface area contributed by atoms with E-state index < -0.39 is 0 Å². The van der Waals surface area contributed by atoms with Crippen molar-refractivity contribution in [3.63, 3.8) is 0 Å². The van der Waals surface area contributed by atoms with E-state index in [1.807, 2.05) is 50.2 Å². The number of fused-ring (bicyclic) bond motifs is 1. The molecule has 2 aromatic carbocycles. The number of carbonyl (C=O) groups excluding carboxylic acids is 3. The normalized spacial score (nSPS) is 19.2. The topological polar surface area (TPSA) is 79.0 Å². The number of aryl methyl sites for hydroxylation is 1. The van der Waals surface area contributed by atoms with Crippen LogP contribution in [0, 0.1) is 13.8 Å². The number of hydrogen-bond acceptors (Lipinski definition) is 4. The van der Waals surface area contributed by atoms with E-state index in [1.54, 1.807) is 16.7 Å². The van der Waals surface area contributed by atoms with Gasteiger partial charge in [0.25, 0.3) is 0 Å². The summed E-state index contributed by atoms with van der Waals surface area (Å²) >= 11 is 0. The second-order valence-electron chi connectivity index (χ2n) is 9.59. The lowest BCUT2D eigenvalue weighted by atomic mass is 9.90. The van der Waals surface area contributed by atoms with Crippen LogP contribution in [-0.4, -0.2) is 59.9 Å². The molecule has 1 saturated heterocycles. The number of nitrogens with one attached hydrogen (secondary N) is 1. The van der Waals surface area contributed by atoms with Crippen LogP contribution >= 0.6 is 0 Å². The van der Waals surface area contributed by atoms with Gasteiger partial charge >= 0.3 is 0 Å². The summed E-state index contributed by atoms with van der Waals surface area (Å²) in [6, 6.07) is 13.4. The summed E-state index contributed by atoms with van der Waals surface area (Å²) in [6.07, 6.45) is 2.66. The number of nitrogens with zero attached hydrogens (tertiary/aromatic N) is 2. The van der Waals surface area contributed by atoms with Gasteiger partial charge in [-0.2, -0.15) is 0 Å². The van der Waals surface area contributed by atoms with Crippen molar-refractivity contribution in [2.45, 2.75) is 58.6 Å². The van der Waals surface area contributed by atoms with Crippen molar-refractivity contribution in [3.05, 3.63) is 64.7 Å². The number of rotatable bonds is 7. The van der Waals surface area contributed by atoms with Gasteiger partial charge in [-0.25, -0.2) is 0 Å². The molecule has 1 N–H and O–H groups in total. The van der Waals surface area contributed by atoms with Crippen LogP contribution in [0.3, 0.4) is 0 Å². The Morgan fingerprint density at radius 1 is 1.11 bits per heavy atom. The Labute approximate surface area is 207 Å². The minimum atomic E-state index is -0.334. The number of benzene rings is 2. The van der Waals surface area contributed by atoms with Gasteiger partial charge in [0.15, 0.2) is 0 Å². The van der Waals surface area contributed by atoms with E-state index in [0.29, 0.717) is 19.7 Å². The number of anilines is 1. The first-order valence-electron chi connectivity index (χ1n) is 12.4. The second-order valence-corrected chi connectivity index (χ2v) is 9.59. The highest BCUT2D eigenvalue weighted by molar-refractivity contribution is 5.95. The summed E-state index contributed by atoms with van der Waals surface area (Å²) in [5.41, 5.74) is 5.04. The third kappa shape index (κ3) is 5.90. The molecule has 2 unspecified atom stereocenters. The highest BCUT2D eigenvalue weighted by atomic mass is 16.5. The third-order valence-electron chi connectivity index (χ3n) is 7.20. The molecule has 2 aromatic rings. The van der Waals surface area contributed by atoms with Crippen molar-refractivity contribution in [2.24, 2.45) is 0 Å². The molecule has 7 nitrogen and oxygen atoms in total. The van der Waals surface area contributed by atoms with E-state index in [0.717, 1.165) is 41.6 Å². The van der Waals surface area contributed by atoms with Crippen molar-refractivity contribution in [3.8, 4) is 0 Å². The Balaban J connectivity index is 1.52. The van der Waals surface area contributed by atoms with Gasteiger partial charge in [-0.15, -0.1) is 0 Å². The maximum atomic E-state index is 13.6. The predicted molar refractivity (Wildman–Crippen MR) is 135 cm³/mol. The van der Waals surface area contributed by atoms with Crippen molar-refractivity contribution in [1.29, 1.82) is 0 Å². The molecule has 0 aliphatic carbocycles. The standard InChI is InChI=1S/C28H35N3O4/c1-19-8-6-12-25(20(19)2)29-27(33)18-30(17-23-10-7-15-35-23)28(34)16-26-24-11-5-4-9-22(24)13-14-31(26)21(3)32/h4-6,8-9,11-12,23,26H,7,10,13-18H2,1-3H3,(H,29,33). The predicted octanol–water partition coefficient (Wildman–Crippen LogP) is 3.79. The molecule has 4 rings (SSSR count). The maximum absolute atomic E-state index is 13.6. The largest absolute Gasteiger partial charge is 0.376 e. The Kier molecular flexibility index (Phi) is 7.86. The molecule has 1 fully saturated rings. The van der Waals surface area contributed by atoms with Crippen LogP contribution < -0.4 is 5.32 Å². The first-order valence-corrected chi connectivity index (χ1v) is 12.4. The van der Waals surface area contributed by atoms with E-state index in [-0.39, 0.29) is 42.8 Å². The minimum Gasteiger partial charge on any atom is -0.376 e. The lowest BCUT2D eigenvalue weighted by molar-refractivity contribution is -0.140. The van der Waals surface area contributed by atoms with Crippen LogP contribution in [0.25, 0.3) is 0 Å². The molecule has 186 valence electrons. The Morgan fingerprint density at radius 3 is 2.66 bits per heavy atom. The number of amides is 3. The maximum Gasteiger partial charge on any atom is 0.244 e. The molecule has 2 aliphatic heterocycles. The molecule has 0 spiro atoms. The fourth-order valence-corrected chi connectivity index (χ4v) is 5.08. The van der Waals surface area contributed by atoms with Gasteiger partial charge in [0.1, 0.15) is 0 Å². The van der Waals surface area contributed by atoms with Gasteiger partial charge in [0.2, 0.25) is 17.7 Å². The Hall–Kier alpha value is -3.19. The van der Waals surface area contributed by atoms with Crippen molar-refractivity contribution >= 4 is 23.4 Å². The molecular weight excluding hydrogens is 442 g/mol. The zero-order chi connectivity index (χ0) is 24.9. The van der Waals surface area contributed by atoms with Crippen LogP contribution in [0.15, 0.2) is 42.5 Å². The molecule has 7 heteroatoms. The third-order valence-corrected chi connectivity index (χ3v) is 7.20. The highest BCUT2D eigenvalue weighted by Gasteiger charge is 2.33. The molecule has 0 radical (unpaired) electrons. The summed E-state index contributed by atoms with van der Waals surface area (Å²) in [6.45, 7) is 7.10. The van der Waals surface area contributed by atoms with Gasteiger partial charge in [-0.3, -0.25) is 14.4 Å². The quantitative estimate of drug-likeness (QED) is 0.658. The molecule has 0 bridgehead atoms. The monoisotopic (exact) mass is 477 g/mol. The van der Waals surface area contributed by atoms with Gasteiger partial charge in [-0.1, -0.05) is 36.4 Å². The first kappa shape index (κ1) is 24.9. The van der Waals surface area contributed by atoms with Gasteiger partial charge in [0, 0.05) is 32.3 Å². The molecule has 0 saturated carbocycles. The Bertz CT molecular complexity index is 1090. The van der Waals surface area contributed by atoms with E-state index in [9.17, 15) is 14.4 Å². The van der Waals surface area contributed by atoms with Crippen LogP contribution in [0.4, 0.5) is 5.69 Å².